The van der Waals surface area contributed by atoms with Crippen molar-refractivity contribution in [2.24, 2.45) is 11.8 Å². The van der Waals surface area contributed by atoms with E-state index < -0.39 is 17.3 Å². The van der Waals surface area contributed by atoms with Crippen molar-refractivity contribution in [2.45, 2.75) is 41.5 Å². The van der Waals surface area contributed by atoms with E-state index in [1.165, 1.54) is 27.5 Å². The molecule has 0 radical (unpaired) electrons. The summed E-state index contributed by atoms with van der Waals surface area (Å²) in [5, 5.41) is 38.8. The van der Waals surface area contributed by atoms with Crippen LogP contribution in [0.25, 0.3) is 33.4 Å². The Bertz CT molecular complexity index is 2560. The smallest absolute Gasteiger partial charge is 0.229 e. The van der Waals surface area contributed by atoms with Gasteiger partial charge in [0.15, 0.2) is 11.5 Å². The van der Waals surface area contributed by atoms with E-state index in [-0.39, 0.29) is 45.8 Å². The number of aromatic hydroxyl groups is 1. The van der Waals surface area contributed by atoms with Gasteiger partial charge in [-0.2, -0.15) is 0 Å². The number of aliphatic hydroxyl groups is 2. The van der Waals surface area contributed by atoms with Crippen LogP contribution in [0.2, 0.25) is 0 Å². The van der Waals surface area contributed by atoms with Gasteiger partial charge in [0, 0.05) is 65.0 Å². The first-order valence-electron chi connectivity index (χ1n) is 19.5. The highest BCUT2D eigenvalue weighted by atomic mass is 16.5. The standard InChI is InChI=1S/C48H52N2O10/c1-23(2)37-29-17-25(5)39(45(53)41(29)31(43(51)46(37)54)21-49-33-15-13-27(56-8)19-35(33)58-10)40-26(6)18-30-38(24(3)4)47(55)44(52)32(42(30)48(40)60-12)22-50(7)34-16-14-28(57-9)20-36(34)59-11/h13-24,49,53-55H,1-12H3/b31-21-,32-22+. The molecule has 0 bridgehead atoms. The molecule has 0 saturated heterocycles. The number of ether oxygens (including phenoxy) is 5. The fourth-order valence-electron chi connectivity index (χ4n) is 8.20. The fourth-order valence-corrected chi connectivity index (χ4v) is 8.20. The van der Waals surface area contributed by atoms with Crippen molar-refractivity contribution in [3.8, 4) is 45.6 Å². The molecule has 60 heavy (non-hydrogen) atoms. The second-order valence-electron chi connectivity index (χ2n) is 15.3. The van der Waals surface area contributed by atoms with Gasteiger partial charge in [-0.25, -0.2) is 0 Å². The number of Topliss-reactive ketones (excluding diaryl/α,β-unsaturated/α-hetero) is 2. The Balaban J connectivity index is 1.65. The lowest BCUT2D eigenvalue weighted by molar-refractivity contribution is -0.113. The number of phenolic OH excluding ortho intramolecular Hbond substituents is 1. The third-order valence-electron chi connectivity index (χ3n) is 11.0. The largest absolute Gasteiger partial charge is 0.507 e. The highest BCUT2D eigenvalue weighted by molar-refractivity contribution is 6.35. The van der Waals surface area contributed by atoms with Crippen molar-refractivity contribution >= 4 is 45.2 Å². The molecule has 4 N–H and O–H groups in total. The average molecular weight is 817 g/mol. The number of hydrogen-bond acceptors (Lipinski definition) is 12. The summed E-state index contributed by atoms with van der Waals surface area (Å²) in [7, 11) is 9.41. The van der Waals surface area contributed by atoms with Crippen LogP contribution in [0.15, 0.2) is 72.4 Å². The molecule has 4 aromatic rings. The number of hydrogen-bond donors (Lipinski definition) is 4. The molecule has 0 fully saturated rings. The van der Waals surface area contributed by atoms with Crippen molar-refractivity contribution in [3.05, 3.63) is 106 Å². The Labute approximate surface area is 350 Å². The van der Waals surface area contributed by atoms with E-state index in [4.69, 9.17) is 23.7 Å². The third kappa shape index (κ3) is 7.16. The maximum absolute atomic E-state index is 14.4. The van der Waals surface area contributed by atoms with Crippen LogP contribution in [0.5, 0.6) is 34.5 Å². The quantitative estimate of drug-likeness (QED) is 0.101. The van der Waals surface area contributed by atoms with Crippen LogP contribution in [0.3, 0.4) is 0 Å². The van der Waals surface area contributed by atoms with E-state index in [1.807, 2.05) is 53.7 Å². The minimum atomic E-state index is -0.680. The van der Waals surface area contributed by atoms with Crippen LogP contribution < -0.4 is 33.9 Å². The topological polar surface area (TPSA) is 156 Å². The number of benzene rings is 4. The first-order chi connectivity index (χ1) is 28.5. The molecule has 0 saturated carbocycles. The van der Waals surface area contributed by atoms with E-state index in [1.54, 1.807) is 68.8 Å². The van der Waals surface area contributed by atoms with Crippen molar-refractivity contribution in [3.63, 3.8) is 0 Å². The van der Waals surface area contributed by atoms with Crippen LogP contribution in [0, 0.1) is 25.7 Å². The number of carbonyl (C=O) groups excluding carboxylic acids is 2. The molecular formula is C48H52N2O10. The summed E-state index contributed by atoms with van der Waals surface area (Å²) in [5.41, 5.74) is 5.97. The summed E-state index contributed by atoms with van der Waals surface area (Å²) in [6.07, 6.45) is 3.07. The van der Waals surface area contributed by atoms with Gasteiger partial charge in [0.2, 0.25) is 11.6 Å². The molecule has 12 heteroatoms. The first kappa shape index (κ1) is 42.8. The van der Waals surface area contributed by atoms with E-state index >= 15 is 0 Å². The van der Waals surface area contributed by atoms with Crippen LogP contribution >= 0.6 is 0 Å². The Hall–Kier alpha value is -6.82. The Morgan fingerprint density at radius 3 is 1.67 bits per heavy atom. The number of ketones is 2. The summed E-state index contributed by atoms with van der Waals surface area (Å²) in [4.78, 5) is 30.3. The van der Waals surface area contributed by atoms with Gasteiger partial charge in [-0.15, -0.1) is 0 Å². The maximum atomic E-state index is 14.4. The van der Waals surface area contributed by atoms with Crippen molar-refractivity contribution in [1.29, 1.82) is 0 Å². The number of aryl methyl sites for hydroxylation is 2. The zero-order chi connectivity index (χ0) is 43.9. The molecule has 2 aliphatic carbocycles. The first-order valence-corrected chi connectivity index (χ1v) is 19.5. The van der Waals surface area contributed by atoms with Crippen molar-refractivity contribution in [2.75, 3.05) is 52.8 Å². The lowest BCUT2D eigenvalue weighted by Crippen LogP contribution is -2.22. The fraction of sp³-hybridized carbons (Fsp3) is 0.292. The Kier molecular flexibility index (Phi) is 12.0. The molecule has 12 nitrogen and oxygen atoms in total. The van der Waals surface area contributed by atoms with E-state index in [9.17, 15) is 24.9 Å². The number of fused-ring (bicyclic) bond motifs is 2. The van der Waals surface area contributed by atoms with Crippen molar-refractivity contribution in [1.82, 2.24) is 0 Å². The number of phenols is 1. The van der Waals surface area contributed by atoms with E-state index in [0.717, 1.165) is 0 Å². The summed E-state index contributed by atoms with van der Waals surface area (Å²) in [6, 6.07) is 14.2. The summed E-state index contributed by atoms with van der Waals surface area (Å²) in [6.45, 7) is 11.2. The van der Waals surface area contributed by atoms with Gasteiger partial charge >= 0.3 is 0 Å². The Morgan fingerprint density at radius 1 is 0.617 bits per heavy atom. The predicted molar refractivity (Wildman–Crippen MR) is 235 cm³/mol. The number of methoxy groups -OCH3 is 5. The molecule has 6 rings (SSSR count). The number of allylic oxidation sites excluding steroid dienone is 4. The van der Waals surface area contributed by atoms with Gasteiger partial charge in [-0.3, -0.25) is 9.59 Å². The number of carbonyl (C=O) groups is 2. The van der Waals surface area contributed by atoms with Gasteiger partial charge < -0.3 is 49.2 Å². The highest BCUT2D eigenvalue weighted by Crippen LogP contribution is 2.54. The van der Waals surface area contributed by atoms with Crippen molar-refractivity contribution < 1.29 is 48.6 Å². The van der Waals surface area contributed by atoms with Crippen LogP contribution in [-0.4, -0.2) is 69.5 Å². The number of anilines is 2. The van der Waals surface area contributed by atoms with E-state index in [0.29, 0.717) is 84.5 Å². The molecular weight excluding hydrogens is 765 g/mol. The molecule has 0 unspecified atom stereocenters. The summed E-state index contributed by atoms with van der Waals surface area (Å²) in [5.74, 6) is -0.490. The SMILES string of the molecule is COc1ccc(N/C=C2\C(=O)C(O)=C(C(C)C)c3cc(C)c(-c4c(C)cc5c(c4OC)/C(=C\N(C)c4ccc(OC)cc4OC)C(=O)C(O)=C5C(C)C)c(O)c32)c(OC)c1. The second kappa shape index (κ2) is 16.8. The highest BCUT2D eigenvalue weighted by Gasteiger charge is 2.39. The maximum Gasteiger partial charge on any atom is 0.229 e. The van der Waals surface area contributed by atoms with E-state index in [2.05, 4.69) is 5.32 Å². The molecule has 2 aliphatic rings. The molecule has 0 aromatic heterocycles. The number of nitrogens with one attached hydrogen (secondary N) is 1. The lowest BCUT2D eigenvalue weighted by Gasteiger charge is -2.31. The third-order valence-corrected chi connectivity index (χ3v) is 11.0. The zero-order valence-corrected chi connectivity index (χ0v) is 36.1. The number of aliphatic hydroxyl groups excluding tert-OH is 2. The minimum Gasteiger partial charge on any atom is -0.507 e. The van der Waals surface area contributed by atoms with Crippen LogP contribution in [0.1, 0.15) is 61.1 Å². The second-order valence-corrected chi connectivity index (χ2v) is 15.3. The molecule has 4 aromatic carbocycles. The molecule has 314 valence electrons. The Morgan fingerprint density at radius 2 is 1.13 bits per heavy atom. The molecule has 0 atom stereocenters. The normalized spacial score (nSPS) is 15.2. The zero-order valence-electron chi connectivity index (χ0n) is 36.1. The molecule has 0 aliphatic heterocycles. The minimum absolute atomic E-state index is 0.0128. The molecule has 0 heterocycles. The average Bonchev–Trinajstić information content (AvgIpc) is 3.22. The molecule has 0 spiro atoms. The summed E-state index contributed by atoms with van der Waals surface area (Å²) < 4.78 is 28.3. The predicted octanol–water partition coefficient (Wildman–Crippen LogP) is 9.66. The van der Waals surface area contributed by atoms with Gasteiger partial charge in [0.1, 0.15) is 34.5 Å². The van der Waals surface area contributed by atoms with Crippen LogP contribution in [0.4, 0.5) is 11.4 Å². The number of nitrogens with zero attached hydrogens (tertiary/aromatic N) is 1. The summed E-state index contributed by atoms with van der Waals surface area (Å²) >= 11 is 0. The van der Waals surface area contributed by atoms with Gasteiger partial charge in [0.05, 0.1) is 58.1 Å². The lowest BCUT2D eigenvalue weighted by atomic mass is 9.75. The van der Waals surface area contributed by atoms with Gasteiger partial charge in [-0.1, -0.05) is 39.8 Å². The number of rotatable bonds is 12. The molecule has 0 amide bonds. The van der Waals surface area contributed by atoms with Crippen LogP contribution in [-0.2, 0) is 9.59 Å². The van der Waals surface area contributed by atoms with Gasteiger partial charge in [-0.05, 0) is 72.2 Å². The monoisotopic (exact) mass is 816 g/mol. The van der Waals surface area contributed by atoms with Gasteiger partial charge in [0.25, 0.3) is 0 Å².